The number of benzene rings is 1. The molecular formula is C7H7BrClNO. The van der Waals surface area contributed by atoms with E-state index < -0.39 is 0 Å². The maximum Gasteiger partial charge on any atom is 0.142 e. The zero-order valence-electron chi connectivity index (χ0n) is 5.90. The molecule has 60 valence electrons. The molecule has 0 amide bonds. The van der Waals surface area contributed by atoms with E-state index >= 15 is 0 Å². The summed E-state index contributed by atoms with van der Waals surface area (Å²) in [5.74, 6) is 0.756. The highest BCUT2D eigenvalue weighted by Gasteiger charge is 2.00. The van der Waals surface area contributed by atoms with Gasteiger partial charge in [0.1, 0.15) is 5.75 Å². The highest BCUT2D eigenvalue weighted by molar-refractivity contribution is 9.10. The summed E-state index contributed by atoms with van der Waals surface area (Å²) in [5.41, 5.74) is 0.819. The van der Waals surface area contributed by atoms with E-state index in [-0.39, 0.29) is 0 Å². The summed E-state index contributed by atoms with van der Waals surface area (Å²) in [7, 11) is 1.61. The monoisotopic (exact) mass is 235 g/mol. The number of rotatable bonds is 2. The van der Waals surface area contributed by atoms with Crippen LogP contribution in [0.15, 0.2) is 18.2 Å². The lowest BCUT2D eigenvalue weighted by atomic mass is 10.3. The van der Waals surface area contributed by atoms with Crippen molar-refractivity contribution in [3.05, 3.63) is 23.2 Å². The number of halogens is 2. The smallest absolute Gasteiger partial charge is 0.142 e. The van der Waals surface area contributed by atoms with Gasteiger partial charge in [0, 0.05) is 21.2 Å². The average molecular weight is 236 g/mol. The van der Waals surface area contributed by atoms with Crippen LogP contribution in [0.1, 0.15) is 0 Å². The number of hydrogen-bond acceptors (Lipinski definition) is 2. The van der Waals surface area contributed by atoms with Crippen molar-refractivity contribution in [3.8, 4) is 5.75 Å². The molecule has 0 spiro atoms. The fraction of sp³-hybridized carbons (Fsp3) is 0.143. The first-order chi connectivity index (χ1) is 5.27. The first-order valence-electron chi connectivity index (χ1n) is 2.98. The molecule has 0 bridgehead atoms. The van der Waals surface area contributed by atoms with E-state index in [9.17, 15) is 0 Å². The molecule has 1 N–H and O–H groups in total. The minimum atomic E-state index is 0.674. The maximum atomic E-state index is 5.74. The van der Waals surface area contributed by atoms with Crippen molar-refractivity contribution >= 4 is 33.4 Å². The van der Waals surface area contributed by atoms with Crippen LogP contribution < -0.4 is 9.08 Å². The van der Waals surface area contributed by atoms with Crippen LogP contribution in [0.5, 0.6) is 5.75 Å². The van der Waals surface area contributed by atoms with Gasteiger partial charge in [-0.15, -0.1) is 0 Å². The van der Waals surface area contributed by atoms with Crippen LogP contribution in [-0.2, 0) is 0 Å². The van der Waals surface area contributed by atoms with E-state index in [1.165, 1.54) is 0 Å². The summed E-state index contributed by atoms with van der Waals surface area (Å²) in [5, 5.41) is 0.674. The molecule has 0 aliphatic carbocycles. The number of ether oxygens (including phenoxy) is 1. The van der Waals surface area contributed by atoms with Crippen LogP contribution in [0.2, 0.25) is 5.02 Å². The van der Waals surface area contributed by atoms with Gasteiger partial charge in [-0.25, -0.2) is 0 Å². The Balaban J connectivity index is 3.06. The molecule has 4 heteroatoms. The van der Waals surface area contributed by atoms with Gasteiger partial charge in [-0.1, -0.05) is 11.6 Å². The van der Waals surface area contributed by atoms with Crippen LogP contribution in [0.4, 0.5) is 5.69 Å². The average Bonchev–Trinajstić information content (AvgIpc) is 2.04. The van der Waals surface area contributed by atoms with Gasteiger partial charge in [-0.3, -0.25) is 0 Å². The number of nitrogens with one attached hydrogen (secondary N) is 1. The second-order valence-electron chi connectivity index (χ2n) is 1.94. The molecule has 11 heavy (non-hydrogen) atoms. The normalized spacial score (nSPS) is 9.36. The van der Waals surface area contributed by atoms with Gasteiger partial charge in [-0.05, 0) is 18.2 Å². The predicted octanol–water partition coefficient (Wildman–Crippen LogP) is 3.07. The van der Waals surface area contributed by atoms with Gasteiger partial charge < -0.3 is 9.08 Å². The zero-order valence-corrected chi connectivity index (χ0v) is 8.24. The summed E-state index contributed by atoms with van der Waals surface area (Å²) in [6.07, 6.45) is 0. The molecule has 0 aliphatic heterocycles. The summed E-state index contributed by atoms with van der Waals surface area (Å²) in [4.78, 5) is 0. The lowest BCUT2D eigenvalue weighted by molar-refractivity contribution is 0.417. The molecule has 0 radical (unpaired) electrons. The summed E-state index contributed by atoms with van der Waals surface area (Å²) < 4.78 is 7.83. The van der Waals surface area contributed by atoms with E-state index in [1.807, 2.05) is 0 Å². The van der Waals surface area contributed by atoms with E-state index in [4.69, 9.17) is 16.3 Å². The molecule has 0 aromatic heterocycles. The van der Waals surface area contributed by atoms with Crippen molar-refractivity contribution in [2.45, 2.75) is 0 Å². The van der Waals surface area contributed by atoms with Crippen molar-refractivity contribution in [3.63, 3.8) is 0 Å². The van der Waals surface area contributed by atoms with Crippen molar-refractivity contribution < 1.29 is 4.74 Å². The SMILES string of the molecule is COc1ccc(Cl)cc1NBr. The van der Waals surface area contributed by atoms with Crippen molar-refractivity contribution in [1.82, 2.24) is 0 Å². The quantitative estimate of drug-likeness (QED) is 0.797. The molecule has 0 atom stereocenters. The van der Waals surface area contributed by atoms with Gasteiger partial charge in [0.05, 0.1) is 12.8 Å². The number of hydrogen-bond donors (Lipinski definition) is 1. The highest BCUT2D eigenvalue weighted by Crippen LogP contribution is 2.28. The Bertz CT molecular complexity index is 254. The lowest BCUT2D eigenvalue weighted by Crippen LogP contribution is -1.88. The minimum Gasteiger partial charge on any atom is -0.495 e. The van der Waals surface area contributed by atoms with Crippen LogP contribution in [-0.4, -0.2) is 7.11 Å². The largest absolute Gasteiger partial charge is 0.495 e. The van der Waals surface area contributed by atoms with E-state index in [0.29, 0.717) is 5.02 Å². The zero-order chi connectivity index (χ0) is 8.27. The van der Waals surface area contributed by atoms with Crippen LogP contribution in [0, 0.1) is 0 Å². The van der Waals surface area contributed by atoms with Crippen LogP contribution in [0.25, 0.3) is 0 Å². The van der Waals surface area contributed by atoms with Gasteiger partial charge in [-0.2, -0.15) is 0 Å². The standard InChI is InChI=1S/C7H7BrClNO/c1-11-7-3-2-5(9)4-6(7)10-8/h2-4,10H,1H3. The van der Waals surface area contributed by atoms with Gasteiger partial charge in [0.2, 0.25) is 0 Å². The molecule has 0 unspecified atom stereocenters. The molecule has 2 nitrogen and oxygen atoms in total. The highest BCUT2D eigenvalue weighted by atomic mass is 79.9. The van der Waals surface area contributed by atoms with Crippen molar-refractivity contribution in [2.24, 2.45) is 0 Å². The molecule has 1 aromatic carbocycles. The molecule has 0 aliphatic rings. The first kappa shape index (κ1) is 8.68. The Kier molecular flexibility index (Phi) is 3.02. The molecule has 0 heterocycles. The Morgan fingerprint density at radius 3 is 2.82 bits per heavy atom. The van der Waals surface area contributed by atoms with Crippen LogP contribution >= 0.6 is 27.7 Å². The number of anilines is 1. The summed E-state index contributed by atoms with van der Waals surface area (Å²) in [6, 6.07) is 5.34. The van der Waals surface area contributed by atoms with Gasteiger partial charge >= 0.3 is 0 Å². The molecule has 1 rings (SSSR count). The predicted molar refractivity (Wildman–Crippen MR) is 50.6 cm³/mol. The van der Waals surface area contributed by atoms with E-state index in [2.05, 4.69) is 20.5 Å². The fourth-order valence-electron chi connectivity index (χ4n) is 0.754. The molecule has 0 fully saturated rings. The molecule has 1 aromatic rings. The Hall–Kier alpha value is -0.410. The fourth-order valence-corrected chi connectivity index (χ4v) is 1.24. The summed E-state index contributed by atoms with van der Waals surface area (Å²) in [6.45, 7) is 0. The van der Waals surface area contributed by atoms with Gasteiger partial charge in [0.25, 0.3) is 0 Å². The second kappa shape index (κ2) is 3.83. The Labute approximate surface area is 78.8 Å². The third kappa shape index (κ3) is 2.01. The number of methoxy groups -OCH3 is 1. The third-order valence-corrected chi connectivity index (χ3v) is 1.93. The van der Waals surface area contributed by atoms with Crippen molar-refractivity contribution in [1.29, 1.82) is 0 Å². The first-order valence-corrected chi connectivity index (χ1v) is 4.15. The third-order valence-electron chi connectivity index (χ3n) is 1.26. The molecule has 0 saturated heterocycles. The topological polar surface area (TPSA) is 21.3 Å². The minimum absolute atomic E-state index is 0.674. The lowest BCUT2D eigenvalue weighted by Gasteiger charge is -2.05. The maximum absolute atomic E-state index is 5.74. The van der Waals surface area contributed by atoms with E-state index in [1.54, 1.807) is 25.3 Å². The Morgan fingerprint density at radius 1 is 1.55 bits per heavy atom. The van der Waals surface area contributed by atoms with Gasteiger partial charge in [0.15, 0.2) is 0 Å². The molecule has 0 saturated carbocycles. The molecular weight excluding hydrogens is 229 g/mol. The van der Waals surface area contributed by atoms with E-state index in [0.717, 1.165) is 11.4 Å². The van der Waals surface area contributed by atoms with Crippen LogP contribution in [0.3, 0.4) is 0 Å². The summed E-state index contributed by atoms with van der Waals surface area (Å²) >= 11 is 8.83. The van der Waals surface area contributed by atoms with Crippen molar-refractivity contribution in [2.75, 3.05) is 11.5 Å². The second-order valence-corrected chi connectivity index (χ2v) is 2.77. The Morgan fingerprint density at radius 2 is 2.27 bits per heavy atom.